The molecule has 2 aromatic carbocycles. The largest absolute Gasteiger partial charge is 0.361 e. The molecule has 2 heterocycles. The topological polar surface area (TPSA) is 88.0 Å². The summed E-state index contributed by atoms with van der Waals surface area (Å²) in [5.74, 6) is -0.154. The number of rotatable bonds is 5. The number of nitrogens with one attached hydrogen (secondary N) is 2. The summed E-state index contributed by atoms with van der Waals surface area (Å²) in [7, 11) is 0. The van der Waals surface area contributed by atoms with E-state index in [4.69, 9.17) is 0 Å². The van der Waals surface area contributed by atoms with Gasteiger partial charge in [-0.3, -0.25) is 4.79 Å². The number of hydrazone groups is 1. The van der Waals surface area contributed by atoms with Crippen molar-refractivity contribution in [3.05, 3.63) is 78.5 Å². The van der Waals surface area contributed by atoms with Gasteiger partial charge in [0.05, 0.1) is 17.8 Å². The van der Waals surface area contributed by atoms with Crippen LogP contribution in [0.1, 0.15) is 18.1 Å². The molecule has 7 heteroatoms. The lowest BCUT2D eigenvalue weighted by atomic mass is 10.1. The Morgan fingerprint density at radius 3 is 2.78 bits per heavy atom. The maximum absolute atomic E-state index is 12.2. The van der Waals surface area contributed by atoms with Crippen LogP contribution in [0.15, 0.2) is 72.5 Å². The van der Waals surface area contributed by atoms with Gasteiger partial charge in [0.1, 0.15) is 12.7 Å². The Hall–Kier alpha value is -3.74. The Morgan fingerprint density at radius 1 is 1.19 bits per heavy atom. The van der Waals surface area contributed by atoms with Gasteiger partial charge in [-0.05, 0) is 36.2 Å². The Labute approximate surface area is 155 Å². The first kappa shape index (κ1) is 16.7. The van der Waals surface area contributed by atoms with Gasteiger partial charge >= 0.3 is 0 Å². The van der Waals surface area contributed by atoms with Crippen LogP contribution in [0.3, 0.4) is 0 Å². The Balaban J connectivity index is 1.42. The SMILES string of the molecule is C/C(=N\NC(=O)Cc1c[nH]c2ccccc12)c1ccc(-n2cncn2)cc1. The van der Waals surface area contributed by atoms with E-state index in [0.717, 1.165) is 33.4 Å². The molecule has 7 nitrogen and oxygen atoms in total. The minimum atomic E-state index is -0.154. The molecule has 0 aliphatic heterocycles. The van der Waals surface area contributed by atoms with Crippen molar-refractivity contribution in [3.8, 4) is 5.69 Å². The summed E-state index contributed by atoms with van der Waals surface area (Å²) in [5.41, 5.74) is 7.17. The lowest BCUT2D eigenvalue weighted by molar-refractivity contribution is -0.120. The molecule has 2 aromatic heterocycles. The molecule has 27 heavy (non-hydrogen) atoms. The first-order chi connectivity index (χ1) is 13.2. The van der Waals surface area contributed by atoms with E-state index in [9.17, 15) is 4.79 Å². The summed E-state index contributed by atoms with van der Waals surface area (Å²) < 4.78 is 1.68. The smallest absolute Gasteiger partial charge is 0.244 e. The van der Waals surface area contributed by atoms with Crippen molar-refractivity contribution >= 4 is 22.5 Å². The van der Waals surface area contributed by atoms with Crippen LogP contribution in [-0.2, 0) is 11.2 Å². The molecule has 0 spiro atoms. The van der Waals surface area contributed by atoms with Crippen LogP contribution in [0.25, 0.3) is 16.6 Å². The third-order valence-corrected chi connectivity index (χ3v) is 4.34. The molecular weight excluding hydrogens is 340 g/mol. The van der Waals surface area contributed by atoms with Crippen molar-refractivity contribution in [2.45, 2.75) is 13.3 Å². The number of nitrogens with zero attached hydrogens (tertiary/aromatic N) is 4. The van der Waals surface area contributed by atoms with Gasteiger partial charge in [0.15, 0.2) is 0 Å². The van der Waals surface area contributed by atoms with Crippen molar-refractivity contribution in [2.24, 2.45) is 5.10 Å². The quantitative estimate of drug-likeness (QED) is 0.425. The highest BCUT2D eigenvalue weighted by Gasteiger charge is 2.08. The average Bonchev–Trinajstić information content (AvgIpc) is 3.37. The molecule has 0 radical (unpaired) electrons. The van der Waals surface area contributed by atoms with E-state index in [1.807, 2.05) is 61.7 Å². The third kappa shape index (κ3) is 3.62. The van der Waals surface area contributed by atoms with Crippen LogP contribution in [-0.4, -0.2) is 31.4 Å². The first-order valence-electron chi connectivity index (χ1n) is 8.54. The van der Waals surface area contributed by atoms with Crippen LogP contribution in [0.4, 0.5) is 0 Å². The van der Waals surface area contributed by atoms with Gasteiger partial charge in [-0.25, -0.2) is 15.1 Å². The number of benzene rings is 2. The molecule has 4 aromatic rings. The number of amides is 1. The lowest BCUT2D eigenvalue weighted by Crippen LogP contribution is -2.21. The fourth-order valence-corrected chi connectivity index (χ4v) is 2.90. The van der Waals surface area contributed by atoms with Gasteiger partial charge in [-0.2, -0.15) is 10.2 Å². The van der Waals surface area contributed by atoms with Gasteiger partial charge in [0, 0.05) is 17.1 Å². The van der Waals surface area contributed by atoms with Crippen molar-refractivity contribution < 1.29 is 4.79 Å². The summed E-state index contributed by atoms with van der Waals surface area (Å²) in [6.07, 6.45) is 5.26. The van der Waals surface area contributed by atoms with E-state index >= 15 is 0 Å². The number of carbonyl (C=O) groups is 1. The van der Waals surface area contributed by atoms with Crippen LogP contribution in [0.2, 0.25) is 0 Å². The van der Waals surface area contributed by atoms with Crippen LogP contribution < -0.4 is 5.43 Å². The second-order valence-corrected chi connectivity index (χ2v) is 6.16. The predicted octanol–water partition coefficient (Wildman–Crippen LogP) is 2.83. The molecule has 0 aliphatic rings. The number of aromatic amines is 1. The Morgan fingerprint density at radius 2 is 2.00 bits per heavy atom. The molecular formula is C20H18N6O. The zero-order valence-electron chi connectivity index (χ0n) is 14.8. The maximum Gasteiger partial charge on any atom is 0.244 e. The number of hydrogen-bond acceptors (Lipinski definition) is 4. The third-order valence-electron chi connectivity index (χ3n) is 4.34. The molecule has 0 saturated carbocycles. The normalized spacial score (nSPS) is 11.7. The maximum atomic E-state index is 12.2. The molecule has 0 atom stereocenters. The van der Waals surface area contributed by atoms with Gasteiger partial charge in [0.25, 0.3) is 0 Å². The van der Waals surface area contributed by atoms with Crippen LogP contribution in [0.5, 0.6) is 0 Å². The van der Waals surface area contributed by atoms with E-state index in [0.29, 0.717) is 0 Å². The molecule has 134 valence electrons. The number of carbonyl (C=O) groups excluding carboxylic acids is 1. The van der Waals surface area contributed by atoms with Gasteiger partial charge in [-0.15, -0.1) is 0 Å². The zero-order valence-corrected chi connectivity index (χ0v) is 14.8. The van der Waals surface area contributed by atoms with E-state index in [1.165, 1.54) is 6.33 Å². The lowest BCUT2D eigenvalue weighted by Gasteiger charge is -2.05. The Kier molecular flexibility index (Phi) is 4.49. The fourth-order valence-electron chi connectivity index (χ4n) is 2.90. The van der Waals surface area contributed by atoms with Crippen LogP contribution >= 0.6 is 0 Å². The highest BCUT2D eigenvalue weighted by atomic mass is 16.2. The van der Waals surface area contributed by atoms with Crippen molar-refractivity contribution in [2.75, 3.05) is 0 Å². The van der Waals surface area contributed by atoms with E-state index < -0.39 is 0 Å². The van der Waals surface area contributed by atoms with Gasteiger partial charge in [0.2, 0.25) is 5.91 Å². The number of hydrogen-bond donors (Lipinski definition) is 2. The predicted molar refractivity (Wildman–Crippen MR) is 104 cm³/mol. The fraction of sp³-hybridized carbons (Fsp3) is 0.100. The molecule has 0 bridgehead atoms. The first-order valence-corrected chi connectivity index (χ1v) is 8.54. The van der Waals surface area contributed by atoms with Crippen molar-refractivity contribution in [3.63, 3.8) is 0 Å². The monoisotopic (exact) mass is 358 g/mol. The number of H-pyrrole nitrogens is 1. The molecule has 0 fully saturated rings. The van der Waals surface area contributed by atoms with Gasteiger partial charge < -0.3 is 4.98 Å². The minimum absolute atomic E-state index is 0.154. The number of fused-ring (bicyclic) bond motifs is 1. The molecule has 2 N–H and O–H groups in total. The molecule has 0 unspecified atom stereocenters. The summed E-state index contributed by atoms with van der Waals surface area (Å²) in [4.78, 5) is 19.4. The van der Waals surface area contributed by atoms with E-state index in [2.05, 4.69) is 25.6 Å². The van der Waals surface area contributed by atoms with Crippen molar-refractivity contribution in [1.29, 1.82) is 0 Å². The molecule has 0 saturated heterocycles. The number of aromatic nitrogens is 4. The Bertz CT molecular complexity index is 1090. The van der Waals surface area contributed by atoms with Crippen molar-refractivity contribution in [1.82, 2.24) is 25.2 Å². The second-order valence-electron chi connectivity index (χ2n) is 6.16. The summed E-state index contributed by atoms with van der Waals surface area (Å²) >= 11 is 0. The van der Waals surface area contributed by atoms with Crippen LogP contribution in [0, 0.1) is 0 Å². The molecule has 0 aliphatic carbocycles. The van der Waals surface area contributed by atoms with Gasteiger partial charge in [-0.1, -0.05) is 30.3 Å². The minimum Gasteiger partial charge on any atom is -0.361 e. The molecule has 1 amide bonds. The standard InChI is InChI=1S/C20H18N6O/c1-14(15-6-8-17(9-7-15)26-13-21-12-23-26)24-25-20(27)10-16-11-22-19-5-3-2-4-18(16)19/h2-9,11-13,22H,10H2,1H3,(H,25,27)/b24-14+. The summed E-state index contributed by atoms with van der Waals surface area (Å²) in [6, 6.07) is 15.6. The average molecular weight is 358 g/mol. The molecule has 4 rings (SSSR count). The summed E-state index contributed by atoms with van der Waals surface area (Å²) in [5, 5.41) is 9.37. The summed E-state index contributed by atoms with van der Waals surface area (Å²) in [6.45, 7) is 1.86. The van der Waals surface area contributed by atoms with E-state index in [-0.39, 0.29) is 12.3 Å². The van der Waals surface area contributed by atoms with E-state index in [1.54, 1.807) is 11.0 Å². The highest BCUT2D eigenvalue weighted by Crippen LogP contribution is 2.18. The zero-order chi connectivity index (χ0) is 18.6. The highest BCUT2D eigenvalue weighted by molar-refractivity contribution is 5.99. The second kappa shape index (κ2) is 7.25. The number of para-hydroxylation sites is 1.